The third kappa shape index (κ3) is 5.95. The molecule has 8 heteroatoms. The van der Waals surface area contributed by atoms with Crippen LogP contribution in [0, 0.1) is 6.92 Å². The summed E-state index contributed by atoms with van der Waals surface area (Å²) in [5.41, 5.74) is 0. The Morgan fingerprint density at radius 2 is 2.15 bits per heavy atom. The fraction of sp³-hybridized carbons (Fsp3) is 0.556. The largest absolute Gasteiger partial charge is 0.468 e. The van der Waals surface area contributed by atoms with Gasteiger partial charge in [0, 0.05) is 24.7 Å². The summed E-state index contributed by atoms with van der Waals surface area (Å²) < 4.78 is 5.70. The van der Waals surface area contributed by atoms with E-state index in [9.17, 15) is 0 Å². The monoisotopic (exact) mass is 489 g/mol. The Hall–Kier alpha value is -1.13. The van der Waals surface area contributed by atoms with Crippen LogP contribution in [0.3, 0.4) is 0 Å². The van der Waals surface area contributed by atoms with Crippen LogP contribution in [0.2, 0.25) is 0 Å². The first-order valence-electron chi connectivity index (χ1n) is 8.89. The van der Waals surface area contributed by atoms with Crippen LogP contribution in [0.1, 0.15) is 40.9 Å². The minimum absolute atomic E-state index is 0. The molecule has 3 rings (SSSR count). The molecule has 0 aliphatic carbocycles. The molecule has 0 bridgehead atoms. The molecule has 0 saturated carbocycles. The van der Waals surface area contributed by atoms with E-state index in [2.05, 4.69) is 31.6 Å². The van der Waals surface area contributed by atoms with Crippen molar-refractivity contribution in [1.29, 1.82) is 0 Å². The maximum atomic E-state index is 5.70. The Morgan fingerprint density at radius 3 is 2.77 bits per heavy atom. The Balaban J connectivity index is 0.00000243. The minimum atomic E-state index is 0. The maximum absolute atomic E-state index is 5.70. The highest BCUT2D eigenvalue weighted by Crippen LogP contribution is 2.24. The lowest BCUT2D eigenvalue weighted by Crippen LogP contribution is -2.44. The van der Waals surface area contributed by atoms with Crippen molar-refractivity contribution in [2.24, 2.45) is 4.99 Å². The lowest BCUT2D eigenvalue weighted by molar-refractivity contribution is 0.146. The van der Waals surface area contributed by atoms with Gasteiger partial charge in [-0.3, -0.25) is 9.89 Å². The molecule has 0 amide bonds. The lowest BCUT2D eigenvalue weighted by atomic mass is 10.1. The van der Waals surface area contributed by atoms with Crippen molar-refractivity contribution in [2.45, 2.75) is 38.8 Å². The first kappa shape index (κ1) is 21.2. The highest BCUT2D eigenvalue weighted by Gasteiger charge is 2.24. The SMILES string of the molecule is CN=C(NCc1cnc(C)s1)NCC(c1ccco1)N1CCCCC1.I. The number of aryl methyl sites for hydroxylation is 1. The van der Waals surface area contributed by atoms with Crippen molar-refractivity contribution in [2.75, 3.05) is 26.7 Å². The first-order valence-corrected chi connectivity index (χ1v) is 9.71. The summed E-state index contributed by atoms with van der Waals surface area (Å²) in [5, 5.41) is 7.90. The van der Waals surface area contributed by atoms with Crippen LogP contribution in [0.5, 0.6) is 0 Å². The van der Waals surface area contributed by atoms with Crippen molar-refractivity contribution in [3.8, 4) is 0 Å². The van der Waals surface area contributed by atoms with Gasteiger partial charge in [-0.15, -0.1) is 35.3 Å². The van der Waals surface area contributed by atoms with Crippen LogP contribution in [0.25, 0.3) is 0 Å². The minimum Gasteiger partial charge on any atom is -0.468 e. The number of guanidine groups is 1. The predicted octanol–water partition coefficient (Wildman–Crippen LogP) is 3.55. The summed E-state index contributed by atoms with van der Waals surface area (Å²) in [6.07, 6.45) is 7.52. The molecule has 2 N–H and O–H groups in total. The number of aliphatic imine (C=N–C) groups is 1. The number of hydrogen-bond acceptors (Lipinski definition) is 5. The van der Waals surface area contributed by atoms with Crippen LogP contribution in [-0.2, 0) is 6.54 Å². The fourth-order valence-corrected chi connectivity index (χ4v) is 3.93. The summed E-state index contributed by atoms with van der Waals surface area (Å²) >= 11 is 1.71. The second kappa shape index (κ2) is 10.9. The van der Waals surface area contributed by atoms with Gasteiger partial charge in [-0.2, -0.15) is 0 Å². The zero-order chi connectivity index (χ0) is 17.5. The molecule has 6 nitrogen and oxygen atoms in total. The number of piperidine rings is 1. The Labute approximate surface area is 176 Å². The van der Waals surface area contributed by atoms with Crippen LogP contribution in [0.15, 0.2) is 34.0 Å². The van der Waals surface area contributed by atoms with Crippen LogP contribution >= 0.6 is 35.3 Å². The van der Waals surface area contributed by atoms with Gasteiger partial charge in [-0.1, -0.05) is 6.42 Å². The van der Waals surface area contributed by atoms with E-state index in [-0.39, 0.29) is 30.0 Å². The molecular formula is C18H28IN5OS. The summed E-state index contributed by atoms with van der Waals surface area (Å²) in [6, 6.07) is 4.27. The quantitative estimate of drug-likeness (QED) is 0.369. The number of aromatic nitrogens is 1. The van der Waals surface area contributed by atoms with Gasteiger partial charge in [0.2, 0.25) is 0 Å². The van der Waals surface area contributed by atoms with E-state index < -0.39 is 0 Å². The zero-order valence-electron chi connectivity index (χ0n) is 15.4. The molecule has 0 radical (unpaired) electrons. The van der Waals surface area contributed by atoms with Crippen LogP contribution < -0.4 is 10.6 Å². The number of thiazole rings is 1. The predicted molar refractivity (Wildman–Crippen MR) is 117 cm³/mol. The van der Waals surface area contributed by atoms with Gasteiger partial charge in [0.05, 0.1) is 23.9 Å². The normalized spacial score (nSPS) is 16.8. The molecule has 1 unspecified atom stereocenters. The highest BCUT2D eigenvalue weighted by atomic mass is 127. The van der Waals surface area contributed by atoms with Gasteiger partial charge in [0.25, 0.3) is 0 Å². The standard InChI is InChI=1S/C18H27N5OS.HI/c1-14-20-11-15(25-14)12-21-18(19-2)22-13-16(17-7-6-10-24-17)23-8-4-3-5-9-23;/h6-7,10-11,16H,3-5,8-9,12-13H2,1-2H3,(H2,19,21,22);1H. The summed E-state index contributed by atoms with van der Waals surface area (Å²) in [4.78, 5) is 12.3. The fourth-order valence-electron chi connectivity index (χ4n) is 3.19. The van der Waals surface area contributed by atoms with E-state index in [0.29, 0.717) is 0 Å². The second-order valence-electron chi connectivity index (χ2n) is 6.28. The van der Waals surface area contributed by atoms with Gasteiger partial charge < -0.3 is 15.1 Å². The first-order chi connectivity index (χ1) is 12.3. The molecule has 3 heterocycles. The molecule has 0 aromatic carbocycles. The van der Waals surface area contributed by atoms with Crippen molar-refractivity contribution < 1.29 is 4.42 Å². The lowest BCUT2D eigenvalue weighted by Gasteiger charge is -2.33. The third-order valence-corrected chi connectivity index (χ3v) is 5.40. The zero-order valence-corrected chi connectivity index (χ0v) is 18.5. The van der Waals surface area contributed by atoms with E-state index >= 15 is 0 Å². The van der Waals surface area contributed by atoms with E-state index in [4.69, 9.17) is 4.42 Å². The van der Waals surface area contributed by atoms with E-state index in [0.717, 1.165) is 42.9 Å². The molecule has 0 spiro atoms. The van der Waals surface area contributed by atoms with Crippen molar-refractivity contribution >= 4 is 41.3 Å². The van der Waals surface area contributed by atoms with Crippen molar-refractivity contribution in [1.82, 2.24) is 20.5 Å². The highest BCUT2D eigenvalue weighted by molar-refractivity contribution is 14.0. The molecule has 1 saturated heterocycles. The summed E-state index contributed by atoms with van der Waals surface area (Å²) in [5.74, 6) is 1.82. The summed E-state index contributed by atoms with van der Waals surface area (Å²) in [7, 11) is 1.80. The van der Waals surface area contributed by atoms with Crippen LogP contribution in [-0.4, -0.2) is 42.5 Å². The molecule has 2 aromatic rings. The number of likely N-dealkylation sites (tertiary alicyclic amines) is 1. The van der Waals surface area contributed by atoms with E-state index in [1.807, 2.05) is 19.2 Å². The van der Waals surface area contributed by atoms with Gasteiger partial charge >= 0.3 is 0 Å². The van der Waals surface area contributed by atoms with Crippen molar-refractivity contribution in [3.05, 3.63) is 40.2 Å². The number of furan rings is 1. The molecule has 1 aliphatic rings. The Bertz CT molecular complexity index is 667. The average molecular weight is 489 g/mol. The smallest absolute Gasteiger partial charge is 0.191 e. The Kier molecular flexibility index (Phi) is 8.86. The molecule has 2 aromatic heterocycles. The Morgan fingerprint density at radius 1 is 1.35 bits per heavy atom. The second-order valence-corrected chi connectivity index (χ2v) is 7.60. The molecule has 1 atom stereocenters. The van der Waals surface area contributed by atoms with E-state index in [1.54, 1.807) is 24.6 Å². The van der Waals surface area contributed by atoms with Gasteiger partial charge in [0.1, 0.15) is 5.76 Å². The summed E-state index contributed by atoms with van der Waals surface area (Å²) in [6.45, 7) is 5.78. The number of halogens is 1. The third-order valence-electron chi connectivity index (χ3n) is 4.49. The topological polar surface area (TPSA) is 65.7 Å². The molecule has 144 valence electrons. The van der Waals surface area contributed by atoms with Gasteiger partial charge in [-0.25, -0.2) is 4.98 Å². The molecule has 26 heavy (non-hydrogen) atoms. The van der Waals surface area contributed by atoms with Crippen LogP contribution in [0.4, 0.5) is 0 Å². The van der Waals surface area contributed by atoms with E-state index in [1.165, 1.54) is 24.1 Å². The molecule has 1 fully saturated rings. The number of nitrogens with zero attached hydrogens (tertiary/aromatic N) is 3. The maximum Gasteiger partial charge on any atom is 0.191 e. The number of rotatable bonds is 6. The number of hydrogen-bond donors (Lipinski definition) is 2. The average Bonchev–Trinajstić information content (AvgIpc) is 3.31. The van der Waals surface area contributed by atoms with Gasteiger partial charge in [-0.05, 0) is 45.0 Å². The number of nitrogens with one attached hydrogen (secondary N) is 2. The van der Waals surface area contributed by atoms with Crippen molar-refractivity contribution in [3.63, 3.8) is 0 Å². The van der Waals surface area contributed by atoms with Gasteiger partial charge in [0.15, 0.2) is 5.96 Å². The molecular weight excluding hydrogens is 461 g/mol. The molecule has 1 aliphatic heterocycles.